The molecule has 8 fully saturated rings. The van der Waals surface area contributed by atoms with Gasteiger partial charge in [0, 0.05) is 25.0 Å². The third kappa shape index (κ3) is 4.36. The maximum Gasteiger partial charge on any atom is 0.226 e. The highest BCUT2D eigenvalue weighted by molar-refractivity contribution is 5.86. The van der Waals surface area contributed by atoms with E-state index in [9.17, 15) is 9.90 Å². The molecular formula is C43H70N2O3. The molecule has 0 aromatic carbocycles. The zero-order valence-corrected chi connectivity index (χ0v) is 32.1. The van der Waals surface area contributed by atoms with E-state index in [2.05, 4.69) is 65.6 Å². The van der Waals surface area contributed by atoms with E-state index in [1.54, 1.807) is 0 Å². The van der Waals surface area contributed by atoms with Gasteiger partial charge < -0.3 is 15.3 Å². The van der Waals surface area contributed by atoms with Crippen molar-refractivity contribution in [3.8, 4) is 0 Å². The standard InChI is InChI=1S/C43H70N2O3/c1-37(2)29(35(47)45-24-10-9-11-25-45)26-32(37)44-36(48)43-19-14-27(39(5)20-21-39)34(43)28-12-13-31-40(6)17-16-33(46)38(3,4)30(40)15-18-42(31,8)41(28,7)22-23-43/h27-34,46H,9-26H2,1-8H3,(H,44,48)/t27-,28-,29-,30+,31-,32-,33+,34-,40+,41-,42-,43+/m1/s1. The molecule has 8 rings (SSSR count). The van der Waals surface area contributed by atoms with Crippen LogP contribution in [0.15, 0.2) is 0 Å². The molecule has 0 spiro atoms. The van der Waals surface area contributed by atoms with Crippen LogP contribution in [0, 0.1) is 73.4 Å². The van der Waals surface area contributed by atoms with Crippen molar-refractivity contribution in [2.75, 3.05) is 13.1 Å². The summed E-state index contributed by atoms with van der Waals surface area (Å²) in [7, 11) is 0. The smallest absolute Gasteiger partial charge is 0.226 e. The zero-order valence-electron chi connectivity index (χ0n) is 32.1. The van der Waals surface area contributed by atoms with Crippen molar-refractivity contribution < 1.29 is 14.7 Å². The summed E-state index contributed by atoms with van der Waals surface area (Å²) in [6.45, 7) is 21.6. The van der Waals surface area contributed by atoms with Gasteiger partial charge in [-0.25, -0.2) is 0 Å². The Labute approximate surface area is 292 Å². The fourth-order valence-electron chi connectivity index (χ4n) is 15.5. The largest absolute Gasteiger partial charge is 0.393 e. The van der Waals surface area contributed by atoms with Crippen LogP contribution in [0.3, 0.4) is 0 Å². The molecule has 2 N–H and O–H groups in total. The van der Waals surface area contributed by atoms with Gasteiger partial charge in [-0.05, 0) is 165 Å². The minimum absolute atomic E-state index is 0.0182. The third-order valence-corrected chi connectivity index (χ3v) is 19.3. The van der Waals surface area contributed by atoms with E-state index < -0.39 is 0 Å². The number of carbonyl (C=O) groups is 2. The molecule has 2 amide bonds. The molecule has 1 heterocycles. The Morgan fingerprint density at radius 2 is 1.38 bits per heavy atom. The Morgan fingerprint density at radius 3 is 2.04 bits per heavy atom. The van der Waals surface area contributed by atoms with Gasteiger partial charge in [0.2, 0.25) is 11.8 Å². The number of likely N-dealkylation sites (tertiary alicyclic amines) is 1. The van der Waals surface area contributed by atoms with Gasteiger partial charge in [0.1, 0.15) is 0 Å². The van der Waals surface area contributed by atoms with Gasteiger partial charge in [-0.1, -0.05) is 55.4 Å². The Balaban J connectivity index is 1.07. The molecule has 0 aromatic rings. The summed E-state index contributed by atoms with van der Waals surface area (Å²) in [6.07, 6.45) is 18.5. The number of hydrogen-bond donors (Lipinski definition) is 2. The monoisotopic (exact) mass is 663 g/mol. The van der Waals surface area contributed by atoms with Crippen LogP contribution in [-0.4, -0.2) is 47.1 Å². The van der Waals surface area contributed by atoms with Gasteiger partial charge in [-0.2, -0.15) is 0 Å². The van der Waals surface area contributed by atoms with Crippen LogP contribution in [0.25, 0.3) is 0 Å². The molecule has 0 radical (unpaired) electrons. The fourth-order valence-corrected chi connectivity index (χ4v) is 15.5. The molecule has 5 heteroatoms. The second-order valence-corrected chi connectivity index (χ2v) is 21.5. The topological polar surface area (TPSA) is 69.6 Å². The predicted octanol–water partition coefficient (Wildman–Crippen LogP) is 8.77. The van der Waals surface area contributed by atoms with Crippen molar-refractivity contribution in [3.05, 3.63) is 0 Å². The maximum atomic E-state index is 15.0. The highest BCUT2D eigenvalue weighted by Crippen LogP contribution is 2.79. The minimum atomic E-state index is -0.250. The van der Waals surface area contributed by atoms with Crippen LogP contribution in [0.4, 0.5) is 0 Å². The van der Waals surface area contributed by atoms with Crippen LogP contribution in [-0.2, 0) is 9.59 Å². The van der Waals surface area contributed by atoms with E-state index in [1.165, 1.54) is 57.8 Å². The number of fused-ring (bicyclic) bond motifs is 7. The van der Waals surface area contributed by atoms with Gasteiger partial charge in [-0.3, -0.25) is 9.59 Å². The van der Waals surface area contributed by atoms with Crippen LogP contribution < -0.4 is 5.32 Å². The molecule has 8 aliphatic rings. The van der Waals surface area contributed by atoms with Gasteiger partial charge in [0.15, 0.2) is 0 Å². The highest BCUT2D eigenvalue weighted by Gasteiger charge is 2.73. The number of hydrogen-bond acceptors (Lipinski definition) is 3. The lowest BCUT2D eigenvalue weighted by Gasteiger charge is -2.73. The molecule has 1 aliphatic heterocycles. The zero-order chi connectivity index (χ0) is 34.3. The summed E-state index contributed by atoms with van der Waals surface area (Å²) in [5, 5.41) is 14.9. The van der Waals surface area contributed by atoms with Crippen LogP contribution in [0.1, 0.15) is 158 Å². The molecule has 5 nitrogen and oxygen atoms in total. The van der Waals surface area contributed by atoms with Crippen molar-refractivity contribution in [1.82, 2.24) is 10.2 Å². The second-order valence-electron chi connectivity index (χ2n) is 21.5. The number of nitrogens with zero attached hydrogens (tertiary/aromatic N) is 1. The highest BCUT2D eigenvalue weighted by atomic mass is 16.3. The van der Waals surface area contributed by atoms with Crippen LogP contribution in [0.5, 0.6) is 0 Å². The number of amides is 2. The van der Waals surface area contributed by atoms with Crippen molar-refractivity contribution in [3.63, 3.8) is 0 Å². The summed E-state index contributed by atoms with van der Waals surface area (Å²) < 4.78 is 0. The number of aliphatic hydroxyl groups excluding tert-OH is 1. The first kappa shape index (κ1) is 34.0. The van der Waals surface area contributed by atoms with Crippen molar-refractivity contribution >= 4 is 11.8 Å². The van der Waals surface area contributed by atoms with E-state index in [1.807, 2.05) is 0 Å². The quantitative estimate of drug-likeness (QED) is 0.316. The number of piperidine rings is 1. The minimum Gasteiger partial charge on any atom is -0.393 e. The first-order valence-electron chi connectivity index (χ1n) is 20.7. The molecule has 270 valence electrons. The molecular weight excluding hydrogens is 592 g/mol. The summed E-state index contributed by atoms with van der Waals surface area (Å²) in [4.78, 5) is 30.7. The predicted molar refractivity (Wildman–Crippen MR) is 192 cm³/mol. The van der Waals surface area contributed by atoms with Crippen molar-refractivity contribution in [2.24, 2.45) is 73.4 Å². The summed E-state index contributed by atoms with van der Waals surface area (Å²) in [5.74, 6) is 3.74. The molecule has 0 bridgehead atoms. The normalized spacial score (nSPS) is 51.3. The number of aliphatic hydroxyl groups is 1. The summed E-state index contributed by atoms with van der Waals surface area (Å²) in [5.41, 5.74) is 0.755. The third-order valence-electron chi connectivity index (χ3n) is 19.3. The molecule has 1 saturated heterocycles. The molecule has 48 heavy (non-hydrogen) atoms. The lowest BCUT2D eigenvalue weighted by Crippen LogP contribution is -2.68. The summed E-state index contributed by atoms with van der Waals surface area (Å²) in [6, 6.07) is 0.0936. The fraction of sp³-hybridized carbons (Fsp3) is 0.953. The molecule has 7 aliphatic carbocycles. The maximum absolute atomic E-state index is 15.0. The SMILES string of the molecule is CC1([C@@H]2CC[C@]3(C(=O)N[C@@H]4C[C@H](C(=O)N5CCCCC5)C4(C)C)CC[C@]4(C)[C@H](CC[C@@H]5[C@@]6(C)CC[C@H](O)C(C)(C)[C@@H]6CC[C@]54C)[C@@H]23)CC1. The van der Waals surface area contributed by atoms with Crippen LogP contribution >= 0.6 is 0 Å². The average molecular weight is 663 g/mol. The lowest BCUT2D eigenvalue weighted by atomic mass is 9.32. The van der Waals surface area contributed by atoms with E-state index in [4.69, 9.17) is 0 Å². The molecule has 0 aromatic heterocycles. The molecule has 7 saturated carbocycles. The molecule has 12 atom stereocenters. The number of nitrogens with one attached hydrogen (secondary N) is 1. The van der Waals surface area contributed by atoms with Gasteiger partial charge in [0.05, 0.1) is 11.5 Å². The van der Waals surface area contributed by atoms with E-state index in [-0.39, 0.29) is 50.6 Å². The Morgan fingerprint density at radius 1 is 0.667 bits per heavy atom. The van der Waals surface area contributed by atoms with Crippen LogP contribution in [0.2, 0.25) is 0 Å². The first-order chi connectivity index (χ1) is 22.5. The Hall–Kier alpha value is -1.10. The van der Waals surface area contributed by atoms with Gasteiger partial charge in [-0.15, -0.1) is 0 Å². The molecule has 0 unspecified atom stereocenters. The van der Waals surface area contributed by atoms with E-state index in [0.29, 0.717) is 46.8 Å². The average Bonchev–Trinajstić information content (AvgIpc) is 3.66. The van der Waals surface area contributed by atoms with Crippen molar-refractivity contribution in [1.29, 1.82) is 0 Å². The van der Waals surface area contributed by atoms with E-state index >= 15 is 4.79 Å². The lowest BCUT2D eigenvalue weighted by molar-refractivity contribution is -0.248. The number of rotatable bonds is 4. The first-order valence-corrected chi connectivity index (χ1v) is 20.7. The second kappa shape index (κ2) is 10.7. The van der Waals surface area contributed by atoms with E-state index in [0.717, 1.165) is 58.0 Å². The Kier molecular flexibility index (Phi) is 7.60. The van der Waals surface area contributed by atoms with Gasteiger partial charge >= 0.3 is 0 Å². The number of carbonyl (C=O) groups excluding carboxylic acids is 2. The van der Waals surface area contributed by atoms with Gasteiger partial charge in [0.25, 0.3) is 0 Å². The Bertz CT molecular complexity index is 1330. The summed E-state index contributed by atoms with van der Waals surface area (Å²) >= 11 is 0. The van der Waals surface area contributed by atoms with Crippen molar-refractivity contribution in [2.45, 2.75) is 170 Å².